The van der Waals surface area contributed by atoms with Crippen molar-refractivity contribution in [1.29, 1.82) is 0 Å². The number of fused-ring (bicyclic) bond motifs is 3. The van der Waals surface area contributed by atoms with Crippen molar-refractivity contribution in [3.05, 3.63) is 72.8 Å². The molecule has 0 amide bonds. The summed E-state index contributed by atoms with van der Waals surface area (Å²) >= 11 is 0. The second kappa shape index (κ2) is 6.74. The number of hydrogen-bond acceptors (Lipinski definition) is 4. The van der Waals surface area contributed by atoms with Crippen LogP contribution in [0.25, 0.3) is 55.4 Å². The third-order valence-corrected chi connectivity index (χ3v) is 5.84. The van der Waals surface area contributed by atoms with Crippen molar-refractivity contribution in [1.82, 2.24) is 30.1 Å². The van der Waals surface area contributed by atoms with Crippen LogP contribution in [0.4, 0.5) is 0 Å². The number of rotatable bonds is 3. The number of hydrogen-bond donors (Lipinski definition) is 2. The molecule has 6 aromatic rings. The quantitative estimate of drug-likeness (QED) is 0.388. The molecule has 0 aliphatic rings. The molecule has 31 heavy (non-hydrogen) atoms. The Morgan fingerprint density at radius 2 is 1.58 bits per heavy atom. The van der Waals surface area contributed by atoms with Gasteiger partial charge in [-0.15, -0.1) is 0 Å². The molecular weight excluding hydrogens is 384 g/mol. The normalized spacial score (nSPS) is 11.8. The van der Waals surface area contributed by atoms with Crippen LogP contribution < -0.4 is 0 Å². The average Bonchev–Trinajstić information content (AvgIpc) is 3.42. The van der Waals surface area contributed by atoms with Gasteiger partial charge in [-0.1, -0.05) is 26.0 Å². The molecule has 6 nitrogen and oxygen atoms in total. The summed E-state index contributed by atoms with van der Waals surface area (Å²) in [5, 5.41) is 9.40. The molecule has 6 rings (SSSR count). The number of aromatic nitrogens is 6. The Kier molecular flexibility index (Phi) is 3.86. The Bertz CT molecular complexity index is 1570. The van der Waals surface area contributed by atoms with Crippen LogP contribution in [0.2, 0.25) is 0 Å². The molecule has 0 atom stereocenters. The molecule has 0 radical (unpaired) electrons. The van der Waals surface area contributed by atoms with E-state index in [0.717, 1.165) is 50.0 Å². The van der Waals surface area contributed by atoms with Crippen molar-refractivity contribution in [3.8, 4) is 22.4 Å². The Balaban J connectivity index is 1.57. The molecule has 0 fully saturated rings. The van der Waals surface area contributed by atoms with Gasteiger partial charge in [-0.25, -0.2) is 4.98 Å². The Morgan fingerprint density at radius 3 is 2.45 bits per heavy atom. The first-order chi connectivity index (χ1) is 15.2. The maximum Gasteiger partial charge on any atom is 0.155 e. The van der Waals surface area contributed by atoms with Crippen molar-refractivity contribution in [2.45, 2.75) is 19.8 Å². The van der Waals surface area contributed by atoms with E-state index in [0.29, 0.717) is 5.92 Å². The third-order valence-electron chi connectivity index (χ3n) is 5.84. The number of aromatic amines is 2. The fraction of sp³-hybridized carbons (Fsp3) is 0.120. The van der Waals surface area contributed by atoms with Crippen molar-refractivity contribution in [3.63, 3.8) is 0 Å². The van der Waals surface area contributed by atoms with Crippen LogP contribution >= 0.6 is 0 Å². The SMILES string of the molecule is CC(C)c1c(-c2ccnc3[nH]ncc23)[nH]c2ccc(-c3ccc4nccnc4c3)cc12. The van der Waals surface area contributed by atoms with E-state index in [1.165, 1.54) is 10.9 Å². The molecular formula is C25H20N6. The van der Waals surface area contributed by atoms with Gasteiger partial charge >= 0.3 is 0 Å². The molecule has 6 heteroatoms. The number of pyridine rings is 1. The van der Waals surface area contributed by atoms with E-state index in [1.807, 2.05) is 18.5 Å². The zero-order chi connectivity index (χ0) is 20.9. The van der Waals surface area contributed by atoms with Crippen molar-refractivity contribution in [2.75, 3.05) is 0 Å². The fourth-order valence-corrected chi connectivity index (χ4v) is 4.42. The first-order valence-corrected chi connectivity index (χ1v) is 10.3. The lowest BCUT2D eigenvalue weighted by atomic mass is 9.94. The second-order valence-electron chi connectivity index (χ2n) is 8.08. The van der Waals surface area contributed by atoms with Crippen LogP contribution in [-0.2, 0) is 0 Å². The Labute approximate surface area is 178 Å². The number of H-pyrrole nitrogens is 2. The number of benzene rings is 2. The minimum atomic E-state index is 0.344. The monoisotopic (exact) mass is 404 g/mol. The van der Waals surface area contributed by atoms with Gasteiger partial charge in [-0.2, -0.15) is 5.10 Å². The molecule has 4 heterocycles. The molecule has 0 saturated heterocycles. The Hall–Kier alpha value is -4.06. The highest BCUT2D eigenvalue weighted by Crippen LogP contribution is 2.39. The van der Waals surface area contributed by atoms with Gasteiger partial charge in [-0.3, -0.25) is 15.1 Å². The maximum absolute atomic E-state index is 4.46. The summed E-state index contributed by atoms with van der Waals surface area (Å²) in [4.78, 5) is 16.9. The summed E-state index contributed by atoms with van der Waals surface area (Å²) in [5.41, 5.74) is 9.55. The minimum Gasteiger partial charge on any atom is -0.354 e. The zero-order valence-electron chi connectivity index (χ0n) is 17.2. The average molecular weight is 404 g/mol. The molecule has 0 aliphatic carbocycles. The van der Waals surface area contributed by atoms with E-state index in [2.05, 4.69) is 80.4 Å². The van der Waals surface area contributed by atoms with Crippen LogP contribution in [0.5, 0.6) is 0 Å². The predicted octanol–water partition coefficient (Wildman–Crippen LogP) is 5.84. The Morgan fingerprint density at radius 1 is 0.774 bits per heavy atom. The lowest BCUT2D eigenvalue weighted by Gasteiger charge is -2.10. The van der Waals surface area contributed by atoms with E-state index in [9.17, 15) is 0 Å². The molecule has 0 saturated carbocycles. The van der Waals surface area contributed by atoms with Gasteiger partial charge in [0.05, 0.1) is 22.9 Å². The second-order valence-corrected chi connectivity index (χ2v) is 8.08. The van der Waals surface area contributed by atoms with E-state index in [4.69, 9.17) is 0 Å². The van der Waals surface area contributed by atoms with Crippen LogP contribution in [0.15, 0.2) is 67.3 Å². The molecule has 2 aromatic carbocycles. The molecule has 0 aliphatic heterocycles. The fourth-order valence-electron chi connectivity index (χ4n) is 4.42. The predicted molar refractivity (Wildman–Crippen MR) is 124 cm³/mol. The largest absolute Gasteiger partial charge is 0.354 e. The van der Waals surface area contributed by atoms with E-state index >= 15 is 0 Å². The first-order valence-electron chi connectivity index (χ1n) is 10.3. The molecule has 4 aromatic heterocycles. The minimum absolute atomic E-state index is 0.344. The van der Waals surface area contributed by atoms with E-state index in [1.54, 1.807) is 12.4 Å². The summed E-state index contributed by atoms with van der Waals surface area (Å²) in [5.74, 6) is 0.344. The highest BCUT2D eigenvalue weighted by molar-refractivity contribution is 6.00. The molecule has 2 N–H and O–H groups in total. The zero-order valence-corrected chi connectivity index (χ0v) is 17.2. The van der Waals surface area contributed by atoms with Gasteiger partial charge in [-0.05, 0) is 52.9 Å². The summed E-state index contributed by atoms with van der Waals surface area (Å²) in [6.07, 6.45) is 7.12. The maximum atomic E-state index is 4.46. The van der Waals surface area contributed by atoms with Crippen LogP contribution in [-0.4, -0.2) is 30.1 Å². The van der Waals surface area contributed by atoms with E-state index < -0.39 is 0 Å². The first kappa shape index (κ1) is 17.8. The smallest absolute Gasteiger partial charge is 0.155 e. The van der Waals surface area contributed by atoms with Gasteiger partial charge in [0.25, 0.3) is 0 Å². The van der Waals surface area contributed by atoms with E-state index in [-0.39, 0.29) is 0 Å². The van der Waals surface area contributed by atoms with Crippen LogP contribution in [0.3, 0.4) is 0 Å². The van der Waals surface area contributed by atoms with Crippen molar-refractivity contribution in [2.24, 2.45) is 0 Å². The van der Waals surface area contributed by atoms with Gasteiger partial charge < -0.3 is 4.98 Å². The topological polar surface area (TPSA) is 83.1 Å². The molecule has 0 spiro atoms. The number of nitrogens with one attached hydrogen (secondary N) is 2. The van der Waals surface area contributed by atoms with Crippen molar-refractivity contribution >= 4 is 33.0 Å². The highest BCUT2D eigenvalue weighted by Gasteiger charge is 2.19. The molecule has 150 valence electrons. The standard InChI is InChI=1S/C25H20N6/c1-14(2)23-18-11-15(16-4-6-21-22(12-16)27-10-9-26-21)3-5-20(18)30-24(23)17-7-8-28-25-19(17)13-29-31-25/h3-14,30H,1-2H3,(H,28,29,31). The van der Waals surface area contributed by atoms with Crippen molar-refractivity contribution < 1.29 is 0 Å². The summed E-state index contributed by atoms with van der Waals surface area (Å²) in [7, 11) is 0. The van der Waals surface area contributed by atoms with Gasteiger partial charge in [0, 0.05) is 40.4 Å². The lowest BCUT2D eigenvalue weighted by molar-refractivity contribution is 0.878. The molecule has 0 bridgehead atoms. The van der Waals surface area contributed by atoms with Gasteiger partial charge in [0.1, 0.15) is 0 Å². The summed E-state index contributed by atoms with van der Waals surface area (Å²) < 4.78 is 0. The van der Waals surface area contributed by atoms with Gasteiger partial charge in [0.2, 0.25) is 0 Å². The molecule has 0 unspecified atom stereocenters. The third kappa shape index (κ3) is 2.79. The van der Waals surface area contributed by atoms with Gasteiger partial charge in [0.15, 0.2) is 5.65 Å². The summed E-state index contributed by atoms with van der Waals surface area (Å²) in [6.45, 7) is 4.47. The summed E-state index contributed by atoms with van der Waals surface area (Å²) in [6, 6.07) is 14.9. The highest BCUT2D eigenvalue weighted by atomic mass is 15.1. The number of nitrogens with zero attached hydrogens (tertiary/aromatic N) is 4. The van der Waals surface area contributed by atoms with Crippen LogP contribution in [0, 0.1) is 0 Å². The van der Waals surface area contributed by atoms with Crippen LogP contribution in [0.1, 0.15) is 25.3 Å². The lowest BCUT2D eigenvalue weighted by Crippen LogP contribution is -1.91.